The SMILES string of the molecule is Nc1cc(F)ccc1Oc1cc(Oc2ccc(F)cc2N)c(C23CC4CC(CC(C4)C2)C3)c(Oc2ccc(F)cc2N)c1C12CC3CC(CC(C3)C1)C2. The first-order chi connectivity index (χ1) is 25.5. The summed E-state index contributed by atoms with van der Waals surface area (Å²) in [6, 6.07) is 14.5. The zero-order valence-corrected chi connectivity index (χ0v) is 29.8. The van der Waals surface area contributed by atoms with Crippen LogP contribution in [0.25, 0.3) is 0 Å². The molecule has 4 aromatic rings. The van der Waals surface area contributed by atoms with Crippen molar-refractivity contribution in [1.82, 2.24) is 0 Å². The van der Waals surface area contributed by atoms with Gasteiger partial charge in [0, 0.05) is 46.2 Å². The summed E-state index contributed by atoms with van der Waals surface area (Å²) in [6.07, 6.45) is 13.4. The Morgan fingerprint density at radius 1 is 0.415 bits per heavy atom. The fourth-order valence-corrected chi connectivity index (χ4v) is 12.9. The molecule has 8 aliphatic rings. The molecule has 0 atom stereocenters. The van der Waals surface area contributed by atoms with Crippen molar-refractivity contribution in [3.05, 3.63) is 89.2 Å². The van der Waals surface area contributed by atoms with Gasteiger partial charge in [-0.15, -0.1) is 0 Å². The lowest BCUT2D eigenvalue weighted by Crippen LogP contribution is -2.50. The topological polar surface area (TPSA) is 106 Å². The van der Waals surface area contributed by atoms with Gasteiger partial charge in [-0.1, -0.05) is 0 Å². The van der Waals surface area contributed by atoms with Crippen LogP contribution in [0.2, 0.25) is 0 Å². The minimum Gasteiger partial charge on any atom is -0.455 e. The van der Waals surface area contributed by atoms with Crippen LogP contribution in [0.3, 0.4) is 0 Å². The number of anilines is 3. The lowest BCUT2D eigenvalue weighted by molar-refractivity contribution is -0.0110. The molecule has 0 unspecified atom stereocenters. The second-order valence-corrected chi connectivity index (χ2v) is 17.7. The first-order valence-electron chi connectivity index (χ1n) is 19.4. The van der Waals surface area contributed by atoms with Crippen molar-refractivity contribution < 1.29 is 27.4 Å². The van der Waals surface area contributed by atoms with Crippen molar-refractivity contribution in [2.45, 2.75) is 87.9 Å². The summed E-state index contributed by atoms with van der Waals surface area (Å²) in [4.78, 5) is 0. The summed E-state index contributed by atoms with van der Waals surface area (Å²) in [5, 5.41) is 0. The zero-order chi connectivity index (χ0) is 36.2. The summed E-state index contributed by atoms with van der Waals surface area (Å²) in [5.41, 5.74) is 21.3. The Bertz CT molecular complexity index is 1940. The largest absolute Gasteiger partial charge is 0.455 e. The Morgan fingerprint density at radius 3 is 1.02 bits per heavy atom. The molecule has 276 valence electrons. The van der Waals surface area contributed by atoms with Gasteiger partial charge < -0.3 is 31.4 Å². The van der Waals surface area contributed by atoms with Crippen LogP contribution in [0, 0.1) is 53.0 Å². The van der Waals surface area contributed by atoms with E-state index in [1.165, 1.54) is 74.9 Å². The third-order valence-electron chi connectivity index (χ3n) is 13.9. The molecule has 4 aromatic carbocycles. The van der Waals surface area contributed by atoms with Crippen molar-refractivity contribution >= 4 is 17.1 Å². The Labute approximate surface area is 308 Å². The number of halogens is 3. The molecule has 0 saturated heterocycles. The highest BCUT2D eigenvalue weighted by atomic mass is 19.1. The predicted octanol–water partition coefficient (Wildman–Crippen LogP) is 11.2. The molecule has 8 bridgehead atoms. The van der Waals surface area contributed by atoms with Gasteiger partial charge in [0.05, 0.1) is 17.1 Å². The van der Waals surface area contributed by atoms with Crippen LogP contribution in [0.4, 0.5) is 30.2 Å². The van der Waals surface area contributed by atoms with Gasteiger partial charge in [-0.2, -0.15) is 0 Å². The quantitative estimate of drug-likeness (QED) is 0.156. The smallest absolute Gasteiger partial charge is 0.150 e. The van der Waals surface area contributed by atoms with Crippen LogP contribution in [0.1, 0.15) is 88.2 Å². The van der Waals surface area contributed by atoms with Gasteiger partial charge in [-0.05, 0) is 149 Å². The Balaban J connectivity index is 1.28. The standard InChI is InChI=1S/C44H46F3N3O3/c45-29-1-4-35(32(48)13-29)51-38-16-39(52-36-5-2-30(46)14-33(36)49)41(44-20-26-10-27(21-44)12-28(11-26)22-44)42(53-37-6-3-31(47)15-34(37)50)40(38)43-17-23-7-24(18-43)9-25(8-23)19-43/h1-6,13-16,23-28H,7-12,17-22,48-50H2. The molecule has 9 heteroatoms. The molecular weight excluding hydrogens is 675 g/mol. The van der Waals surface area contributed by atoms with Crippen molar-refractivity contribution in [2.24, 2.45) is 35.5 Å². The van der Waals surface area contributed by atoms with E-state index in [-0.39, 0.29) is 27.9 Å². The fourth-order valence-electron chi connectivity index (χ4n) is 12.9. The molecule has 6 N–H and O–H groups in total. The number of hydrogen-bond donors (Lipinski definition) is 3. The molecular formula is C44H46F3N3O3. The molecule has 0 aromatic heterocycles. The first-order valence-corrected chi connectivity index (χ1v) is 19.4. The average molecular weight is 722 g/mol. The van der Waals surface area contributed by atoms with Crippen molar-refractivity contribution in [2.75, 3.05) is 17.2 Å². The van der Waals surface area contributed by atoms with Crippen LogP contribution < -0.4 is 31.4 Å². The van der Waals surface area contributed by atoms with Crippen LogP contribution >= 0.6 is 0 Å². The van der Waals surface area contributed by atoms with Gasteiger partial charge in [0.25, 0.3) is 0 Å². The van der Waals surface area contributed by atoms with Crippen molar-refractivity contribution in [1.29, 1.82) is 0 Å². The maximum Gasteiger partial charge on any atom is 0.150 e. The highest BCUT2D eigenvalue weighted by Gasteiger charge is 2.58. The van der Waals surface area contributed by atoms with Crippen molar-refractivity contribution in [3.63, 3.8) is 0 Å². The predicted molar refractivity (Wildman–Crippen MR) is 199 cm³/mol. The van der Waals surface area contributed by atoms with Crippen molar-refractivity contribution in [3.8, 4) is 34.5 Å². The fraction of sp³-hybridized carbons (Fsp3) is 0.455. The molecule has 8 aliphatic carbocycles. The number of nitrogen functional groups attached to an aromatic ring is 3. The molecule has 0 spiro atoms. The van der Waals surface area contributed by atoms with Gasteiger partial charge in [0.15, 0.2) is 17.2 Å². The van der Waals surface area contributed by atoms with Gasteiger partial charge in [0.2, 0.25) is 0 Å². The first kappa shape index (κ1) is 33.1. The van der Waals surface area contributed by atoms with Gasteiger partial charge in [-0.3, -0.25) is 0 Å². The molecule has 6 nitrogen and oxygen atoms in total. The van der Waals surface area contributed by atoms with E-state index < -0.39 is 17.5 Å². The average Bonchev–Trinajstić information content (AvgIpc) is 3.07. The van der Waals surface area contributed by atoms with E-state index in [2.05, 4.69) is 0 Å². The summed E-state index contributed by atoms with van der Waals surface area (Å²) in [7, 11) is 0. The molecule has 53 heavy (non-hydrogen) atoms. The van der Waals surface area contributed by atoms with E-state index in [4.69, 9.17) is 31.4 Å². The summed E-state index contributed by atoms with van der Waals surface area (Å²) in [6.45, 7) is 0. The third kappa shape index (κ3) is 5.59. The van der Waals surface area contributed by atoms with E-state index >= 15 is 0 Å². The molecule has 0 amide bonds. The third-order valence-corrected chi connectivity index (χ3v) is 13.9. The van der Waals surface area contributed by atoms with E-state index in [0.717, 1.165) is 49.7 Å². The number of nitrogens with two attached hydrogens (primary N) is 3. The van der Waals surface area contributed by atoms with E-state index in [1.807, 2.05) is 6.07 Å². The molecule has 12 rings (SSSR count). The highest BCUT2D eigenvalue weighted by molar-refractivity contribution is 5.69. The monoisotopic (exact) mass is 721 g/mol. The minimum atomic E-state index is -0.458. The lowest BCUT2D eigenvalue weighted by Gasteiger charge is -2.59. The second-order valence-electron chi connectivity index (χ2n) is 17.7. The number of benzene rings is 4. The van der Waals surface area contributed by atoms with Crippen LogP contribution in [0.5, 0.6) is 34.5 Å². The maximum absolute atomic E-state index is 14.5. The summed E-state index contributed by atoms with van der Waals surface area (Å²) >= 11 is 0. The van der Waals surface area contributed by atoms with Gasteiger partial charge in [0.1, 0.15) is 34.7 Å². The Kier molecular flexibility index (Phi) is 7.48. The van der Waals surface area contributed by atoms with Gasteiger partial charge >= 0.3 is 0 Å². The zero-order valence-electron chi connectivity index (χ0n) is 29.8. The van der Waals surface area contributed by atoms with E-state index in [0.29, 0.717) is 70.0 Å². The summed E-state index contributed by atoms with van der Waals surface area (Å²) < 4.78 is 64.3. The van der Waals surface area contributed by atoms with Crippen LogP contribution in [-0.2, 0) is 10.8 Å². The molecule has 8 saturated carbocycles. The lowest BCUT2D eigenvalue weighted by atomic mass is 9.46. The van der Waals surface area contributed by atoms with E-state index in [9.17, 15) is 13.2 Å². The summed E-state index contributed by atoms with van der Waals surface area (Å²) in [5.74, 6) is 4.86. The van der Waals surface area contributed by atoms with Gasteiger partial charge in [-0.25, -0.2) is 13.2 Å². The second kappa shape index (κ2) is 12.0. The Hall–Kier alpha value is -4.53. The van der Waals surface area contributed by atoms with E-state index in [1.54, 1.807) is 18.2 Å². The number of rotatable bonds is 8. The minimum absolute atomic E-state index is 0.169. The highest BCUT2D eigenvalue weighted by Crippen LogP contribution is 2.69. The maximum atomic E-state index is 14.5. The molecule has 0 radical (unpaired) electrons. The number of ether oxygens (including phenoxy) is 3. The molecule has 0 heterocycles. The Morgan fingerprint density at radius 2 is 0.717 bits per heavy atom. The van der Waals surface area contributed by atoms with Crippen LogP contribution in [0.15, 0.2) is 60.7 Å². The van der Waals surface area contributed by atoms with Crippen LogP contribution in [-0.4, -0.2) is 0 Å². The molecule has 0 aliphatic heterocycles. The normalized spacial score (nSPS) is 31.9. The molecule has 8 fully saturated rings. The number of hydrogen-bond acceptors (Lipinski definition) is 6.